The highest BCUT2D eigenvalue weighted by molar-refractivity contribution is 5.40. The molecular formula is C15H21N5. The number of piperidine rings is 1. The maximum Gasteiger partial charge on any atom is 0.132 e. The maximum atomic E-state index is 4.55. The fourth-order valence-corrected chi connectivity index (χ4v) is 2.91. The first kappa shape index (κ1) is 13.1. The Hall–Kier alpha value is -1.91. The van der Waals surface area contributed by atoms with E-state index in [1.165, 1.54) is 12.8 Å². The van der Waals surface area contributed by atoms with Crippen LogP contribution in [0.1, 0.15) is 30.2 Å². The van der Waals surface area contributed by atoms with Crippen LogP contribution in [0.5, 0.6) is 0 Å². The third-order valence-electron chi connectivity index (χ3n) is 3.93. The summed E-state index contributed by atoms with van der Waals surface area (Å²) >= 11 is 0. The Balaban J connectivity index is 1.60. The molecule has 1 fully saturated rings. The highest BCUT2D eigenvalue weighted by atomic mass is 15.2. The first-order valence-corrected chi connectivity index (χ1v) is 7.26. The van der Waals surface area contributed by atoms with Gasteiger partial charge in [0.25, 0.3) is 0 Å². The van der Waals surface area contributed by atoms with Crippen molar-refractivity contribution in [3.05, 3.63) is 35.8 Å². The van der Waals surface area contributed by atoms with Crippen LogP contribution in [0.4, 0.5) is 5.82 Å². The summed E-state index contributed by atoms with van der Waals surface area (Å²) in [5.41, 5.74) is 1.05. The SMILES string of the molecule is Cc1cc(N2CCC(Cc3ncc[nH]3)CC2)nc(C)n1. The molecule has 0 atom stereocenters. The van der Waals surface area contributed by atoms with Gasteiger partial charge in [-0.2, -0.15) is 0 Å². The standard InChI is InChI=1S/C15H21N5/c1-11-9-15(19-12(2)18-11)20-7-3-13(4-8-20)10-14-16-5-6-17-14/h5-6,9,13H,3-4,7-8,10H2,1-2H3,(H,16,17). The molecule has 3 rings (SSSR count). The molecule has 5 heteroatoms. The molecule has 0 saturated carbocycles. The minimum atomic E-state index is 0.724. The fourth-order valence-electron chi connectivity index (χ4n) is 2.91. The largest absolute Gasteiger partial charge is 0.356 e. The normalized spacial score (nSPS) is 16.6. The van der Waals surface area contributed by atoms with Gasteiger partial charge in [-0.1, -0.05) is 0 Å². The van der Waals surface area contributed by atoms with Crippen LogP contribution in [-0.4, -0.2) is 33.0 Å². The predicted octanol–water partition coefficient (Wildman–Crippen LogP) is 2.28. The van der Waals surface area contributed by atoms with E-state index >= 15 is 0 Å². The Morgan fingerprint density at radius 3 is 2.70 bits per heavy atom. The molecular weight excluding hydrogens is 250 g/mol. The zero-order valence-electron chi connectivity index (χ0n) is 12.1. The van der Waals surface area contributed by atoms with Crippen LogP contribution in [0.15, 0.2) is 18.5 Å². The number of imidazole rings is 1. The molecule has 0 amide bonds. The molecule has 0 aromatic carbocycles. The molecule has 1 aliphatic heterocycles. The van der Waals surface area contributed by atoms with Gasteiger partial charge in [-0.15, -0.1) is 0 Å². The van der Waals surface area contributed by atoms with E-state index in [9.17, 15) is 0 Å². The van der Waals surface area contributed by atoms with Crippen LogP contribution in [0, 0.1) is 19.8 Å². The van der Waals surface area contributed by atoms with Crippen molar-refractivity contribution < 1.29 is 0 Å². The average molecular weight is 271 g/mol. The fraction of sp³-hybridized carbons (Fsp3) is 0.533. The quantitative estimate of drug-likeness (QED) is 0.930. The number of nitrogens with zero attached hydrogens (tertiary/aromatic N) is 4. The summed E-state index contributed by atoms with van der Waals surface area (Å²) in [5, 5.41) is 0. The molecule has 106 valence electrons. The first-order chi connectivity index (χ1) is 9.70. The highest BCUT2D eigenvalue weighted by Crippen LogP contribution is 2.24. The van der Waals surface area contributed by atoms with Crippen LogP contribution >= 0.6 is 0 Å². The summed E-state index contributed by atoms with van der Waals surface area (Å²) < 4.78 is 0. The number of hydrogen-bond donors (Lipinski definition) is 1. The molecule has 2 aromatic rings. The van der Waals surface area contributed by atoms with Crippen molar-refractivity contribution in [3.8, 4) is 0 Å². The van der Waals surface area contributed by atoms with Gasteiger partial charge in [-0.05, 0) is 32.6 Å². The van der Waals surface area contributed by atoms with E-state index in [2.05, 4.69) is 30.9 Å². The summed E-state index contributed by atoms with van der Waals surface area (Å²) in [4.78, 5) is 18.8. The molecule has 0 unspecified atom stereocenters. The van der Waals surface area contributed by atoms with E-state index in [-0.39, 0.29) is 0 Å². The van der Waals surface area contributed by atoms with Gasteiger partial charge in [0.2, 0.25) is 0 Å². The van der Waals surface area contributed by atoms with Crippen molar-refractivity contribution in [2.75, 3.05) is 18.0 Å². The second-order valence-corrected chi connectivity index (χ2v) is 5.59. The van der Waals surface area contributed by atoms with Crippen molar-refractivity contribution in [2.45, 2.75) is 33.1 Å². The van der Waals surface area contributed by atoms with Crippen LogP contribution < -0.4 is 4.90 Å². The van der Waals surface area contributed by atoms with Crippen LogP contribution in [-0.2, 0) is 6.42 Å². The van der Waals surface area contributed by atoms with Gasteiger partial charge in [0.15, 0.2) is 0 Å². The van der Waals surface area contributed by atoms with Gasteiger partial charge in [-0.3, -0.25) is 0 Å². The molecule has 20 heavy (non-hydrogen) atoms. The van der Waals surface area contributed by atoms with Crippen LogP contribution in [0.2, 0.25) is 0 Å². The summed E-state index contributed by atoms with van der Waals surface area (Å²) in [6, 6.07) is 2.08. The van der Waals surface area contributed by atoms with Gasteiger partial charge in [0, 0.05) is 43.7 Å². The summed E-state index contributed by atoms with van der Waals surface area (Å²) in [6.07, 6.45) is 7.18. The number of aromatic amines is 1. The topological polar surface area (TPSA) is 57.7 Å². The second-order valence-electron chi connectivity index (χ2n) is 5.59. The predicted molar refractivity (Wildman–Crippen MR) is 78.7 cm³/mol. The van der Waals surface area contributed by atoms with E-state index in [0.717, 1.165) is 48.6 Å². The van der Waals surface area contributed by atoms with E-state index in [0.29, 0.717) is 0 Å². The van der Waals surface area contributed by atoms with Gasteiger partial charge < -0.3 is 9.88 Å². The zero-order valence-corrected chi connectivity index (χ0v) is 12.1. The monoisotopic (exact) mass is 271 g/mol. The molecule has 0 bridgehead atoms. The van der Waals surface area contributed by atoms with Crippen molar-refractivity contribution in [2.24, 2.45) is 5.92 Å². The Kier molecular flexibility index (Phi) is 3.67. The van der Waals surface area contributed by atoms with E-state index < -0.39 is 0 Å². The molecule has 0 spiro atoms. The van der Waals surface area contributed by atoms with Crippen molar-refractivity contribution in [1.82, 2.24) is 19.9 Å². The van der Waals surface area contributed by atoms with Crippen LogP contribution in [0.25, 0.3) is 0 Å². The van der Waals surface area contributed by atoms with E-state index in [4.69, 9.17) is 0 Å². The van der Waals surface area contributed by atoms with Gasteiger partial charge in [0.1, 0.15) is 17.5 Å². The van der Waals surface area contributed by atoms with Crippen molar-refractivity contribution in [3.63, 3.8) is 0 Å². The number of nitrogens with one attached hydrogen (secondary N) is 1. The number of aryl methyl sites for hydroxylation is 2. The molecule has 5 nitrogen and oxygen atoms in total. The lowest BCUT2D eigenvalue weighted by atomic mass is 9.93. The lowest BCUT2D eigenvalue weighted by molar-refractivity contribution is 0.396. The Morgan fingerprint density at radius 2 is 2.05 bits per heavy atom. The maximum absolute atomic E-state index is 4.55. The molecule has 1 N–H and O–H groups in total. The number of H-pyrrole nitrogens is 1. The molecule has 3 heterocycles. The Bertz CT molecular complexity index is 535. The van der Waals surface area contributed by atoms with Crippen molar-refractivity contribution in [1.29, 1.82) is 0 Å². The second kappa shape index (κ2) is 5.61. The van der Waals surface area contributed by atoms with Crippen LogP contribution in [0.3, 0.4) is 0 Å². The minimum Gasteiger partial charge on any atom is -0.356 e. The number of anilines is 1. The Morgan fingerprint density at radius 1 is 1.25 bits per heavy atom. The number of aromatic nitrogens is 4. The third-order valence-corrected chi connectivity index (χ3v) is 3.93. The van der Waals surface area contributed by atoms with Gasteiger partial charge in [0.05, 0.1) is 0 Å². The summed E-state index contributed by atoms with van der Waals surface area (Å²) in [6.45, 7) is 6.13. The van der Waals surface area contributed by atoms with E-state index in [1.54, 1.807) is 0 Å². The number of hydrogen-bond acceptors (Lipinski definition) is 4. The highest BCUT2D eigenvalue weighted by Gasteiger charge is 2.21. The zero-order chi connectivity index (χ0) is 13.9. The number of rotatable bonds is 3. The molecule has 1 aliphatic rings. The first-order valence-electron chi connectivity index (χ1n) is 7.26. The van der Waals surface area contributed by atoms with E-state index in [1.807, 2.05) is 26.2 Å². The molecule has 1 saturated heterocycles. The molecule has 0 radical (unpaired) electrons. The lowest BCUT2D eigenvalue weighted by Crippen LogP contribution is -2.35. The third kappa shape index (κ3) is 2.98. The van der Waals surface area contributed by atoms with Gasteiger partial charge >= 0.3 is 0 Å². The molecule has 0 aliphatic carbocycles. The average Bonchev–Trinajstić information content (AvgIpc) is 2.91. The van der Waals surface area contributed by atoms with Gasteiger partial charge in [-0.25, -0.2) is 15.0 Å². The smallest absolute Gasteiger partial charge is 0.132 e. The summed E-state index contributed by atoms with van der Waals surface area (Å²) in [7, 11) is 0. The summed E-state index contributed by atoms with van der Waals surface area (Å²) in [5.74, 6) is 3.77. The Labute approximate surface area is 119 Å². The lowest BCUT2D eigenvalue weighted by Gasteiger charge is -2.32. The molecule has 2 aromatic heterocycles. The minimum absolute atomic E-state index is 0.724. The van der Waals surface area contributed by atoms with Crippen molar-refractivity contribution >= 4 is 5.82 Å².